The lowest BCUT2D eigenvalue weighted by Crippen LogP contribution is -1.83. The van der Waals surface area contributed by atoms with Crippen LogP contribution in [0.1, 0.15) is 11.4 Å². The Kier molecular flexibility index (Phi) is 1.96. The minimum absolute atomic E-state index is 0.271. The molecule has 0 bridgehead atoms. The van der Waals surface area contributed by atoms with E-state index in [9.17, 15) is 4.39 Å². The first-order valence-corrected chi connectivity index (χ1v) is 4.45. The van der Waals surface area contributed by atoms with Crippen LogP contribution in [0, 0.1) is 12.7 Å². The first-order valence-electron chi connectivity index (χ1n) is 3.92. The number of alkyl halides is 1. The van der Waals surface area contributed by atoms with Gasteiger partial charge in [0.1, 0.15) is 11.3 Å². The molecule has 1 N–H and O–H groups in total. The van der Waals surface area contributed by atoms with Gasteiger partial charge in [0.15, 0.2) is 5.82 Å². The Labute approximate surface area is 79.7 Å². The molecule has 0 radical (unpaired) electrons. The molecule has 1 aromatic carbocycles. The second-order valence-corrected chi connectivity index (χ2v) is 3.18. The number of hydrogen-bond donors (Lipinski definition) is 1. The third-order valence-electron chi connectivity index (χ3n) is 1.96. The predicted molar refractivity (Wildman–Crippen MR) is 50.3 cm³/mol. The van der Waals surface area contributed by atoms with Gasteiger partial charge >= 0.3 is 0 Å². The van der Waals surface area contributed by atoms with Crippen LogP contribution in [0.5, 0.6) is 0 Å². The number of H-pyrrole nitrogens is 1. The van der Waals surface area contributed by atoms with Crippen LogP contribution in [0.3, 0.4) is 0 Å². The second-order valence-electron chi connectivity index (χ2n) is 2.91. The number of aromatic amines is 1. The van der Waals surface area contributed by atoms with Crippen LogP contribution < -0.4 is 0 Å². The average Bonchev–Trinajstić information content (AvgIpc) is 2.55. The normalized spacial score (nSPS) is 11.0. The van der Waals surface area contributed by atoms with Crippen molar-refractivity contribution in [2.45, 2.75) is 12.8 Å². The highest BCUT2D eigenvalue weighted by molar-refractivity contribution is 6.16. The number of halogens is 2. The van der Waals surface area contributed by atoms with Gasteiger partial charge in [0.25, 0.3) is 0 Å². The Morgan fingerprint density at radius 1 is 1.54 bits per heavy atom. The molecule has 68 valence electrons. The Bertz CT molecular complexity index is 450. The number of fused-ring (bicyclic) bond motifs is 1. The molecule has 13 heavy (non-hydrogen) atoms. The zero-order valence-electron chi connectivity index (χ0n) is 7.06. The SMILES string of the molecule is Cc1ccc2[nH]c(CCl)nc2c1F. The Balaban J connectivity index is 2.76. The van der Waals surface area contributed by atoms with E-state index in [1.165, 1.54) is 0 Å². The molecule has 0 spiro atoms. The summed E-state index contributed by atoms with van der Waals surface area (Å²) in [4.78, 5) is 6.96. The number of aromatic nitrogens is 2. The van der Waals surface area contributed by atoms with Crippen LogP contribution in [0.4, 0.5) is 4.39 Å². The first kappa shape index (κ1) is 8.51. The Morgan fingerprint density at radius 2 is 2.31 bits per heavy atom. The van der Waals surface area contributed by atoms with Gasteiger partial charge in [-0.15, -0.1) is 11.6 Å². The molecule has 0 atom stereocenters. The highest BCUT2D eigenvalue weighted by Gasteiger charge is 2.08. The molecule has 0 fully saturated rings. The fraction of sp³-hybridized carbons (Fsp3) is 0.222. The molecule has 2 nitrogen and oxygen atoms in total. The molecule has 0 aliphatic rings. The van der Waals surface area contributed by atoms with E-state index in [1.54, 1.807) is 19.1 Å². The summed E-state index contributed by atoms with van der Waals surface area (Å²) in [5.74, 6) is 0.596. The fourth-order valence-electron chi connectivity index (χ4n) is 1.26. The second kappa shape index (κ2) is 3.00. The summed E-state index contributed by atoms with van der Waals surface area (Å²) < 4.78 is 13.4. The van der Waals surface area contributed by atoms with Crippen LogP contribution in [0.2, 0.25) is 0 Å². The molecule has 0 aliphatic heterocycles. The van der Waals surface area contributed by atoms with Crippen molar-refractivity contribution in [3.05, 3.63) is 29.3 Å². The van der Waals surface area contributed by atoms with E-state index in [-0.39, 0.29) is 11.7 Å². The highest BCUT2D eigenvalue weighted by atomic mass is 35.5. The molecule has 1 heterocycles. The molecule has 0 unspecified atom stereocenters. The molecule has 1 aromatic heterocycles. The van der Waals surface area contributed by atoms with Gasteiger partial charge in [-0.3, -0.25) is 0 Å². The van der Waals surface area contributed by atoms with Gasteiger partial charge in [0.05, 0.1) is 11.4 Å². The number of imidazole rings is 1. The quantitative estimate of drug-likeness (QED) is 0.702. The van der Waals surface area contributed by atoms with Crippen LogP contribution in [-0.2, 0) is 5.88 Å². The van der Waals surface area contributed by atoms with Crippen molar-refractivity contribution in [3.8, 4) is 0 Å². The number of rotatable bonds is 1. The minimum atomic E-state index is -0.273. The maximum Gasteiger partial charge on any atom is 0.153 e. The molecule has 0 amide bonds. The molecule has 2 rings (SSSR count). The van der Waals surface area contributed by atoms with Crippen molar-refractivity contribution in [1.29, 1.82) is 0 Å². The smallest absolute Gasteiger partial charge is 0.153 e. The molecule has 0 saturated heterocycles. The fourth-order valence-corrected chi connectivity index (χ4v) is 1.38. The van der Waals surface area contributed by atoms with Gasteiger partial charge in [-0.25, -0.2) is 9.37 Å². The molecular formula is C9H8ClFN2. The van der Waals surface area contributed by atoms with Crippen LogP contribution in [0.25, 0.3) is 11.0 Å². The third kappa shape index (κ3) is 1.29. The Morgan fingerprint density at radius 3 is 3.00 bits per heavy atom. The van der Waals surface area contributed by atoms with Crippen molar-refractivity contribution in [3.63, 3.8) is 0 Å². The lowest BCUT2D eigenvalue weighted by atomic mass is 10.2. The zero-order chi connectivity index (χ0) is 9.42. The standard InChI is InChI=1S/C9H8ClFN2/c1-5-2-3-6-9(8(5)11)13-7(4-10)12-6/h2-3H,4H2,1H3,(H,12,13). The van der Waals surface area contributed by atoms with Crippen LogP contribution >= 0.6 is 11.6 Å². The third-order valence-corrected chi connectivity index (χ3v) is 2.21. The van der Waals surface area contributed by atoms with Crippen molar-refractivity contribution in [2.75, 3.05) is 0 Å². The van der Waals surface area contributed by atoms with Gasteiger partial charge < -0.3 is 4.98 Å². The van der Waals surface area contributed by atoms with E-state index >= 15 is 0 Å². The number of benzene rings is 1. The van der Waals surface area contributed by atoms with Crippen molar-refractivity contribution in [2.24, 2.45) is 0 Å². The summed E-state index contributed by atoms with van der Waals surface area (Å²) >= 11 is 5.57. The molecule has 2 aromatic rings. The van der Waals surface area contributed by atoms with Gasteiger partial charge in [-0.1, -0.05) is 6.07 Å². The van der Waals surface area contributed by atoms with Crippen molar-refractivity contribution < 1.29 is 4.39 Å². The van der Waals surface area contributed by atoms with E-state index in [0.29, 0.717) is 22.4 Å². The number of aryl methyl sites for hydroxylation is 1. The summed E-state index contributed by atoms with van der Waals surface area (Å²) in [5, 5.41) is 0. The predicted octanol–water partition coefficient (Wildman–Crippen LogP) is 2.75. The summed E-state index contributed by atoms with van der Waals surface area (Å²) in [6, 6.07) is 3.52. The summed E-state index contributed by atoms with van der Waals surface area (Å²) in [6.45, 7) is 1.71. The zero-order valence-corrected chi connectivity index (χ0v) is 7.82. The van der Waals surface area contributed by atoms with Crippen LogP contribution in [-0.4, -0.2) is 9.97 Å². The molecule has 0 aliphatic carbocycles. The topological polar surface area (TPSA) is 28.7 Å². The van der Waals surface area contributed by atoms with E-state index < -0.39 is 0 Å². The molecule has 0 saturated carbocycles. The summed E-state index contributed by atoms with van der Waals surface area (Å²) in [6.07, 6.45) is 0. The Hall–Kier alpha value is -1.09. The number of nitrogens with zero attached hydrogens (tertiary/aromatic N) is 1. The van der Waals surface area contributed by atoms with E-state index in [0.717, 1.165) is 0 Å². The monoisotopic (exact) mass is 198 g/mol. The van der Waals surface area contributed by atoms with Gasteiger partial charge in [0.2, 0.25) is 0 Å². The maximum atomic E-state index is 13.4. The first-order chi connectivity index (χ1) is 6.22. The molecular weight excluding hydrogens is 191 g/mol. The number of nitrogens with one attached hydrogen (secondary N) is 1. The van der Waals surface area contributed by atoms with E-state index in [4.69, 9.17) is 11.6 Å². The highest BCUT2D eigenvalue weighted by Crippen LogP contribution is 2.18. The lowest BCUT2D eigenvalue weighted by Gasteiger charge is -1.94. The summed E-state index contributed by atoms with van der Waals surface area (Å²) in [5.41, 5.74) is 1.66. The van der Waals surface area contributed by atoms with Crippen molar-refractivity contribution >= 4 is 22.6 Å². The average molecular weight is 199 g/mol. The van der Waals surface area contributed by atoms with Crippen molar-refractivity contribution in [1.82, 2.24) is 9.97 Å². The van der Waals surface area contributed by atoms with E-state index in [2.05, 4.69) is 9.97 Å². The van der Waals surface area contributed by atoms with E-state index in [1.807, 2.05) is 0 Å². The summed E-state index contributed by atoms with van der Waals surface area (Å²) in [7, 11) is 0. The maximum absolute atomic E-state index is 13.4. The molecule has 4 heteroatoms. The van der Waals surface area contributed by atoms with Crippen LogP contribution in [0.15, 0.2) is 12.1 Å². The van der Waals surface area contributed by atoms with Gasteiger partial charge in [-0.05, 0) is 18.6 Å². The minimum Gasteiger partial charge on any atom is -0.341 e. The number of hydrogen-bond acceptors (Lipinski definition) is 1. The van der Waals surface area contributed by atoms with Gasteiger partial charge in [0, 0.05) is 0 Å². The lowest BCUT2D eigenvalue weighted by molar-refractivity contribution is 0.628. The largest absolute Gasteiger partial charge is 0.341 e. The van der Waals surface area contributed by atoms with Gasteiger partial charge in [-0.2, -0.15) is 0 Å².